The van der Waals surface area contributed by atoms with E-state index >= 15 is 0 Å². The maximum atomic E-state index is 14.0. The van der Waals surface area contributed by atoms with Crippen LogP contribution in [0.3, 0.4) is 0 Å². The minimum atomic E-state index is -0.981. The summed E-state index contributed by atoms with van der Waals surface area (Å²) in [5.41, 5.74) is 0.113. The van der Waals surface area contributed by atoms with Crippen LogP contribution in [0.5, 0.6) is 0 Å². The Morgan fingerprint density at radius 1 is 1.10 bits per heavy atom. The largest absolute Gasteiger partial charge is 0.395 e. The Balaban J connectivity index is 2.48. The number of hydrogen-bond acceptors (Lipinski definition) is 2. The first kappa shape index (κ1) is 16.4. The average Bonchev–Trinajstić information content (AvgIpc) is 2.49. The van der Waals surface area contributed by atoms with Crippen molar-refractivity contribution in [3.63, 3.8) is 0 Å². The van der Waals surface area contributed by atoms with Crippen molar-refractivity contribution in [2.75, 3.05) is 13.2 Å². The van der Waals surface area contributed by atoms with Crippen molar-refractivity contribution in [3.05, 3.63) is 68.9 Å². The second-order valence-corrected chi connectivity index (χ2v) is 6.28. The first-order chi connectivity index (χ1) is 10.0. The monoisotopic (exact) mass is 372 g/mol. The second-order valence-electron chi connectivity index (χ2n) is 4.99. The molecule has 0 amide bonds. The number of hydrogen-bond donors (Lipinski definition) is 2. The van der Waals surface area contributed by atoms with Crippen molar-refractivity contribution in [1.29, 1.82) is 0 Å². The van der Waals surface area contributed by atoms with Crippen LogP contribution in [0, 0.1) is 5.82 Å². The van der Waals surface area contributed by atoms with Crippen LogP contribution in [0.15, 0.2) is 46.9 Å². The fourth-order valence-electron chi connectivity index (χ4n) is 2.36. The number of benzene rings is 2. The van der Waals surface area contributed by atoms with E-state index in [0.29, 0.717) is 10.6 Å². The highest BCUT2D eigenvalue weighted by Crippen LogP contribution is 2.34. The highest BCUT2D eigenvalue weighted by molar-refractivity contribution is 9.10. The van der Waals surface area contributed by atoms with Crippen LogP contribution in [0.1, 0.15) is 11.1 Å². The maximum Gasteiger partial charge on any atom is 0.126 e. The SMILES string of the molecule is OCC(CO)(Cc1cc(Cl)ccc1F)c1ccccc1Br. The standard InChI is InChI=1S/C16H15BrClFO2/c17-14-4-2-1-3-13(14)16(9-20,10-21)8-11-7-12(18)5-6-15(11)19/h1-7,20-21H,8-10H2. The van der Waals surface area contributed by atoms with Crippen molar-refractivity contribution in [3.8, 4) is 0 Å². The Morgan fingerprint density at radius 2 is 1.76 bits per heavy atom. The Bertz CT molecular complexity index is 629. The van der Waals surface area contributed by atoms with E-state index in [9.17, 15) is 14.6 Å². The molecular formula is C16H15BrClFO2. The summed E-state index contributed by atoms with van der Waals surface area (Å²) >= 11 is 9.33. The fraction of sp³-hybridized carbons (Fsp3) is 0.250. The zero-order chi connectivity index (χ0) is 15.5. The molecule has 0 spiro atoms. The summed E-state index contributed by atoms with van der Waals surface area (Å²) in [5.74, 6) is -0.405. The van der Waals surface area contributed by atoms with E-state index in [1.807, 2.05) is 18.2 Å². The van der Waals surface area contributed by atoms with Crippen LogP contribution in [0.25, 0.3) is 0 Å². The number of aliphatic hydroxyl groups excluding tert-OH is 2. The molecule has 0 aliphatic rings. The predicted octanol–water partition coefficient (Wildman–Crippen LogP) is 3.71. The molecule has 5 heteroatoms. The van der Waals surface area contributed by atoms with Crippen molar-refractivity contribution in [2.45, 2.75) is 11.8 Å². The molecule has 0 fully saturated rings. The van der Waals surface area contributed by atoms with Crippen LogP contribution in [-0.2, 0) is 11.8 Å². The lowest BCUT2D eigenvalue weighted by Gasteiger charge is -2.31. The van der Waals surface area contributed by atoms with E-state index in [2.05, 4.69) is 15.9 Å². The summed E-state index contributed by atoms with van der Waals surface area (Å²) in [4.78, 5) is 0. The van der Waals surface area contributed by atoms with E-state index in [1.165, 1.54) is 18.2 Å². The van der Waals surface area contributed by atoms with Crippen LogP contribution >= 0.6 is 27.5 Å². The van der Waals surface area contributed by atoms with Gasteiger partial charge in [-0.1, -0.05) is 45.7 Å². The molecule has 112 valence electrons. The molecule has 0 radical (unpaired) electrons. The minimum absolute atomic E-state index is 0.148. The van der Waals surface area contributed by atoms with Gasteiger partial charge in [0.1, 0.15) is 5.82 Å². The van der Waals surface area contributed by atoms with Crippen LogP contribution in [-0.4, -0.2) is 23.4 Å². The van der Waals surface area contributed by atoms with Gasteiger partial charge in [-0.25, -0.2) is 4.39 Å². The molecule has 2 nitrogen and oxygen atoms in total. The van der Waals surface area contributed by atoms with E-state index in [1.54, 1.807) is 6.07 Å². The smallest absolute Gasteiger partial charge is 0.126 e. The maximum absolute atomic E-state index is 14.0. The van der Waals surface area contributed by atoms with Gasteiger partial charge in [0.2, 0.25) is 0 Å². The second kappa shape index (κ2) is 6.88. The molecule has 0 aliphatic carbocycles. The molecule has 21 heavy (non-hydrogen) atoms. The number of aliphatic hydroxyl groups is 2. The molecule has 2 aromatic carbocycles. The normalized spacial score (nSPS) is 11.7. The average molecular weight is 374 g/mol. The molecule has 0 aromatic heterocycles. The Kier molecular flexibility index (Phi) is 5.38. The third-order valence-corrected chi connectivity index (χ3v) is 4.51. The van der Waals surface area contributed by atoms with Gasteiger partial charge in [0.25, 0.3) is 0 Å². The third kappa shape index (κ3) is 3.46. The highest BCUT2D eigenvalue weighted by Gasteiger charge is 2.34. The van der Waals surface area contributed by atoms with Crippen molar-refractivity contribution >= 4 is 27.5 Å². The predicted molar refractivity (Wildman–Crippen MR) is 85.1 cm³/mol. The number of rotatable bonds is 5. The van der Waals surface area contributed by atoms with E-state index in [0.717, 1.165) is 10.0 Å². The summed E-state index contributed by atoms with van der Waals surface area (Å²) in [5, 5.41) is 20.1. The first-order valence-electron chi connectivity index (χ1n) is 6.43. The van der Waals surface area contributed by atoms with Crippen molar-refractivity contribution in [2.24, 2.45) is 0 Å². The molecule has 0 unspecified atom stereocenters. The summed E-state index contributed by atoms with van der Waals surface area (Å²) in [6.07, 6.45) is 0.148. The van der Waals surface area contributed by atoms with Gasteiger partial charge in [0.15, 0.2) is 0 Å². The molecule has 2 N–H and O–H groups in total. The van der Waals surface area contributed by atoms with Gasteiger partial charge >= 0.3 is 0 Å². The summed E-state index contributed by atoms with van der Waals surface area (Å²) in [7, 11) is 0. The van der Waals surface area contributed by atoms with Gasteiger partial charge in [-0.05, 0) is 41.8 Å². The van der Waals surface area contributed by atoms with E-state index < -0.39 is 11.2 Å². The van der Waals surface area contributed by atoms with Crippen molar-refractivity contribution in [1.82, 2.24) is 0 Å². The zero-order valence-electron chi connectivity index (χ0n) is 11.2. The summed E-state index contributed by atoms with van der Waals surface area (Å²) in [6.45, 7) is -0.615. The summed E-state index contributed by atoms with van der Waals surface area (Å²) < 4.78 is 14.7. The van der Waals surface area contributed by atoms with Crippen LogP contribution < -0.4 is 0 Å². The lowest BCUT2D eigenvalue weighted by molar-refractivity contribution is 0.115. The summed E-state index contributed by atoms with van der Waals surface area (Å²) in [6, 6.07) is 11.6. The lowest BCUT2D eigenvalue weighted by atomic mass is 9.76. The molecule has 0 aliphatic heterocycles. The molecule has 2 rings (SSSR count). The van der Waals surface area contributed by atoms with E-state index in [4.69, 9.17) is 11.6 Å². The van der Waals surface area contributed by atoms with E-state index in [-0.39, 0.29) is 19.6 Å². The molecular weight excluding hydrogens is 359 g/mol. The van der Waals surface area contributed by atoms with Gasteiger partial charge in [-0.15, -0.1) is 0 Å². The highest BCUT2D eigenvalue weighted by atomic mass is 79.9. The van der Waals surface area contributed by atoms with Crippen molar-refractivity contribution < 1.29 is 14.6 Å². The molecule has 0 saturated carbocycles. The third-order valence-electron chi connectivity index (χ3n) is 3.59. The van der Waals surface area contributed by atoms with Gasteiger partial charge in [-0.2, -0.15) is 0 Å². The lowest BCUT2D eigenvalue weighted by Crippen LogP contribution is -2.38. The Labute approximate surface area is 136 Å². The first-order valence-corrected chi connectivity index (χ1v) is 7.60. The Morgan fingerprint density at radius 3 is 2.38 bits per heavy atom. The van der Waals surface area contributed by atoms with Gasteiger partial charge in [0.05, 0.1) is 13.2 Å². The molecule has 0 atom stereocenters. The van der Waals surface area contributed by atoms with Gasteiger partial charge in [-0.3, -0.25) is 0 Å². The topological polar surface area (TPSA) is 40.5 Å². The molecule has 2 aromatic rings. The fourth-order valence-corrected chi connectivity index (χ4v) is 3.26. The molecule has 0 saturated heterocycles. The van der Waals surface area contributed by atoms with Crippen LogP contribution in [0.4, 0.5) is 4.39 Å². The molecule has 0 heterocycles. The number of halogens is 3. The van der Waals surface area contributed by atoms with Gasteiger partial charge < -0.3 is 10.2 Å². The quantitative estimate of drug-likeness (QED) is 0.839. The Hall–Kier alpha value is -0.940. The van der Waals surface area contributed by atoms with Crippen LogP contribution in [0.2, 0.25) is 5.02 Å². The zero-order valence-corrected chi connectivity index (χ0v) is 13.5. The van der Waals surface area contributed by atoms with Gasteiger partial charge in [0, 0.05) is 14.9 Å². The minimum Gasteiger partial charge on any atom is -0.395 e. The molecule has 0 bridgehead atoms.